The molecule has 6 nitrogen and oxygen atoms in total. The first-order valence-electron chi connectivity index (χ1n) is 7.39. The van der Waals surface area contributed by atoms with Crippen molar-refractivity contribution in [2.24, 2.45) is 0 Å². The van der Waals surface area contributed by atoms with E-state index in [1.165, 1.54) is 0 Å². The predicted molar refractivity (Wildman–Crippen MR) is 80.8 cm³/mol. The zero-order valence-electron chi connectivity index (χ0n) is 12.6. The maximum Gasteiger partial charge on any atom is 0.307 e. The Morgan fingerprint density at radius 1 is 1.41 bits per heavy atom. The summed E-state index contributed by atoms with van der Waals surface area (Å²) in [6.07, 6.45) is 1.50. The first-order valence-corrected chi connectivity index (χ1v) is 7.39. The van der Waals surface area contributed by atoms with E-state index in [1.54, 1.807) is 31.2 Å². The van der Waals surface area contributed by atoms with Crippen LogP contribution < -0.4 is 5.32 Å². The molecule has 2 unspecified atom stereocenters. The number of carboxylic acid groups (broad SMARTS) is 1. The van der Waals surface area contributed by atoms with Crippen LogP contribution in [0.3, 0.4) is 0 Å². The summed E-state index contributed by atoms with van der Waals surface area (Å²) in [4.78, 5) is 22.6. The molecule has 1 aromatic carbocycles. The molecule has 1 aromatic rings. The van der Waals surface area contributed by atoms with Gasteiger partial charge in [0, 0.05) is 12.3 Å². The lowest BCUT2D eigenvalue weighted by Crippen LogP contribution is -2.30. The molecular weight excluding hydrogens is 286 g/mol. The SMILES string of the molecule is CC(OCC1CCCO1)C(=O)Nc1ccc(CC(=O)O)cc1. The summed E-state index contributed by atoms with van der Waals surface area (Å²) in [6.45, 7) is 2.88. The van der Waals surface area contributed by atoms with Crippen LogP contribution in [0.1, 0.15) is 25.3 Å². The zero-order chi connectivity index (χ0) is 15.9. The molecule has 0 saturated carbocycles. The van der Waals surface area contributed by atoms with Gasteiger partial charge in [0.1, 0.15) is 6.10 Å². The average Bonchev–Trinajstić information content (AvgIpc) is 2.99. The lowest BCUT2D eigenvalue weighted by molar-refractivity contribution is -0.136. The fraction of sp³-hybridized carbons (Fsp3) is 0.500. The van der Waals surface area contributed by atoms with Crippen molar-refractivity contribution in [3.8, 4) is 0 Å². The van der Waals surface area contributed by atoms with E-state index in [4.69, 9.17) is 14.6 Å². The van der Waals surface area contributed by atoms with E-state index in [1.807, 2.05) is 0 Å². The summed E-state index contributed by atoms with van der Waals surface area (Å²) in [5.41, 5.74) is 1.31. The molecule has 1 amide bonds. The van der Waals surface area contributed by atoms with Gasteiger partial charge in [-0.05, 0) is 37.5 Å². The molecule has 0 spiro atoms. The molecular formula is C16H21NO5. The molecule has 1 fully saturated rings. The summed E-state index contributed by atoms with van der Waals surface area (Å²) in [5.74, 6) is -1.11. The number of hydrogen-bond donors (Lipinski definition) is 2. The van der Waals surface area contributed by atoms with Gasteiger partial charge in [0.2, 0.25) is 0 Å². The van der Waals surface area contributed by atoms with Gasteiger partial charge in [0.15, 0.2) is 0 Å². The summed E-state index contributed by atoms with van der Waals surface area (Å²) in [5, 5.41) is 11.5. The minimum atomic E-state index is -0.882. The van der Waals surface area contributed by atoms with Crippen LogP contribution in [-0.2, 0) is 25.5 Å². The van der Waals surface area contributed by atoms with Gasteiger partial charge in [-0.15, -0.1) is 0 Å². The summed E-state index contributed by atoms with van der Waals surface area (Å²) in [7, 11) is 0. The van der Waals surface area contributed by atoms with Crippen molar-refractivity contribution in [3.63, 3.8) is 0 Å². The number of anilines is 1. The quantitative estimate of drug-likeness (QED) is 0.803. The van der Waals surface area contributed by atoms with E-state index in [2.05, 4.69) is 5.32 Å². The van der Waals surface area contributed by atoms with Crippen molar-refractivity contribution in [3.05, 3.63) is 29.8 Å². The van der Waals surface area contributed by atoms with Gasteiger partial charge in [-0.25, -0.2) is 0 Å². The normalized spacial score (nSPS) is 18.9. The fourth-order valence-corrected chi connectivity index (χ4v) is 2.23. The third-order valence-corrected chi connectivity index (χ3v) is 3.50. The first-order chi connectivity index (χ1) is 10.5. The number of aliphatic carboxylic acids is 1. The third-order valence-electron chi connectivity index (χ3n) is 3.50. The highest BCUT2D eigenvalue weighted by atomic mass is 16.5. The van der Waals surface area contributed by atoms with Crippen LogP contribution in [0, 0.1) is 0 Å². The number of ether oxygens (including phenoxy) is 2. The minimum absolute atomic E-state index is 0.0326. The summed E-state index contributed by atoms with van der Waals surface area (Å²) < 4.78 is 11.0. The average molecular weight is 307 g/mol. The Hall–Kier alpha value is -1.92. The van der Waals surface area contributed by atoms with Crippen molar-refractivity contribution >= 4 is 17.6 Å². The molecule has 1 heterocycles. The van der Waals surface area contributed by atoms with Crippen LogP contribution in [0.2, 0.25) is 0 Å². The Labute approximate surface area is 129 Å². The van der Waals surface area contributed by atoms with E-state index < -0.39 is 12.1 Å². The van der Waals surface area contributed by atoms with Crippen molar-refractivity contribution in [1.82, 2.24) is 0 Å². The van der Waals surface area contributed by atoms with Gasteiger partial charge in [0.05, 0.1) is 19.1 Å². The van der Waals surface area contributed by atoms with Crippen LogP contribution in [0.15, 0.2) is 24.3 Å². The van der Waals surface area contributed by atoms with E-state index in [9.17, 15) is 9.59 Å². The van der Waals surface area contributed by atoms with Crippen molar-refractivity contribution in [1.29, 1.82) is 0 Å². The largest absolute Gasteiger partial charge is 0.481 e. The highest BCUT2D eigenvalue weighted by Gasteiger charge is 2.19. The van der Waals surface area contributed by atoms with Crippen molar-refractivity contribution in [2.75, 3.05) is 18.5 Å². The zero-order valence-corrected chi connectivity index (χ0v) is 12.6. The molecule has 22 heavy (non-hydrogen) atoms. The van der Waals surface area contributed by atoms with E-state index in [-0.39, 0.29) is 18.4 Å². The highest BCUT2D eigenvalue weighted by molar-refractivity contribution is 5.93. The third kappa shape index (κ3) is 5.13. The second kappa shape index (κ2) is 7.91. The standard InChI is InChI=1S/C16H21NO5/c1-11(22-10-14-3-2-8-21-14)16(20)17-13-6-4-12(5-7-13)9-15(18)19/h4-7,11,14H,2-3,8-10H2,1H3,(H,17,20)(H,18,19). The Balaban J connectivity index is 1.78. The predicted octanol–water partition coefficient (Wildman–Crippen LogP) is 1.84. The molecule has 0 radical (unpaired) electrons. The molecule has 2 atom stereocenters. The van der Waals surface area contributed by atoms with E-state index in [0.29, 0.717) is 17.9 Å². The maximum absolute atomic E-state index is 12.0. The number of amides is 1. The number of carbonyl (C=O) groups is 2. The molecule has 0 aliphatic carbocycles. The van der Waals surface area contributed by atoms with Crippen LogP contribution in [0.4, 0.5) is 5.69 Å². The molecule has 6 heteroatoms. The minimum Gasteiger partial charge on any atom is -0.481 e. The molecule has 2 N–H and O–H groups in total. The van der Waals surface area contributed by atoms with Crippen LogP contribution >= 0.6 is 0 Å². The van der Waals surface area contributed by atoms with Gasteiger partial charge >= 0.3 is 5.97 Å². The Kier molecular flexibility index (Phi) is 5.91. The topological polar surface area (TPSA) is 84.9 Å². The lowest BCUT2D eigenvalue weighted by Gasteiger charge is -2.16. The molecule has 0 aromatic heterocycles. The van der Waals surface area contributed by atoms with Gasteiger partial charge in [-0.3, -0.25) is 9.59 Å². The Morgan fingerprint density at radius 3 is 2.73 bits per heavy atom. The smallest absolute Gasteiger partial charge is 0.307 e. The van der Waals surface area contributed by atoms with Crippen molar-refractivity contribution < 1.29 is 24.2 Å². The monoisotopic (exact) mass is 307 g/mol. The number of nitrogens with one attached hydrogen (secondary N) is 1. The number of rotatable bonds is 7. The number of benzene rings is 1. The van der Waals surface area contributed by atoms with Crippen LogP contribution in [0.5, 0.6) is 0 Å². The molecule has 1 aliphatic rings. The molecule has 1 aliphatic heterocycles. The lowest BCUT2D eigenvalue weighted by atomic mass is 10.1. The number of carbonyl (C=O) groups excluding carboxylic acids is 1. The molecule has 0 bridgehead atoms. The van der Waals surface area contributed by atoms with Crippen LogP contribution in [0.25, 0.3) is 0 Å². The Bertz CT molecular complexity index is 508. The highest BCUT2D eigenvalue weighted by Crippen LogP contribution is 2.14. The van der Waals surface area contributed by atoms with Gasteiger partial charge in [-0.1, -0.05) is 12.1 Å². The fourth-order valence-electron chi connectivity index (χ4n) is 2.23. The molecule has 120 valence electrons. The number of hydrogen-bond acceptors (Lipinski definition) is 4. The first kappa shape index (κ1) is 16.5. The molecule has 2 rings (SSSR count). The van der Waals surface area contributed by atoms with Gasteiger partial charge in [-0.2, -0.15) is 0 Å². The number of carboxylic acids is 1. The second-order valence-corrected chi connectivity index (χ2v) is 5.37. The second-order valence-electron chi connectivity index (χ2n) is 5.37. The summed E-state index contributed by atoms with van der Waals surface area (Å²) >= 11 is 0. The van der Waals surface area contributed by atoms with Crippen LogP contribution in [-0.4, -0.2) is 42.4 Å². The maximum atomic E-state index is 12.0. The van der Waals surface area contributed by atoms with Gasteiger partial charge in [0.25, 0.3) is 5.91 Å². The summed E-state index contributed by atoms with van der Waals surface area (Å²) in [6, 6.07) is 6.73. The van der Waals surface area contributed by atoms with Gasteiger partial charge < -0.3 is 19.9 Å². The molecule has 1 saturated heterocycles. The van der Waals surface area contributed by atoms with E-state index in [0.717, 1.165) is 19.4 Å². The van der Waals surface area contributed by atoms with E-state index >= 15 is 0 Å². The van der Waals surface area contributed by atoms with Crippen molar-refractivity contribution in [2.45, 2.75) is 38.4 Å². The Morgan fingerprint density at radius 2 is 2.14 bits per heavy atom.